The third kappa shape index (κ3) is 3.68. The van der Waals surface area contributed by atoms with Gasteiger partial charge in [-0.3, -0.25) is 14.7 Å². The summed E-state index contributed by atoms with van der Waals surface area (Å²) in [5.74, 6) is 0. The molecule has 1 aliphatic rings. The monoisotopic (exact) mass is 434 g/mol. The highest BCUT2D eigenvalue weighted by Gasteiger charge is 2.25. The molecule has 8 heteroatoms. The number of nitrogens with zero attached hydrogens (tertiary/aromatic N) is 2. The van der Waals surface area contributed by atoms with Crippen LogP contribution in [-0.2, 0) is 29.3 Å². The highest BCUT2D eigenvalue weighted by molar-refractivity contribution is 7.90. The number of benzene rings is 2. The SMILES string of the molecule is CS(=O)(=O)c1nc2c(c(=O)[nH]1)CN(Cc1c(-c3ccccc3)[nH]c3ccccc13)CC2. The van der Waals surface area contributed by atoms with Crippen LogP contribution in [0.3, 0.4) is 0 Å². The lowest BCUT2D eigenvalue weighted by Crippen LogP contribution is -2.36. The van der Waals surface area contributed by atoms with E-state index in [2.05, 4.69) is 44.1 Å². The summed E-state index contributed by atoms with van der Waals surface area (Å²) < 4.78 is 23.6. The molecule has 0 aliphatic carbocycles. The van der Waals surface area contributed by atoms with Gasteiger partial charge >= 0.3 is 0 Å². The van der Waals surface area contributed by atoms with E-state index in [1.54, 1.807) is 0 Å². The van der Waals surface area contributed by atoms with E-state index in [0.29, 0.717) is 37.3 Å². The first-order valence-corrected chi connectivity index (χ1v) is 12.0. The number of sulfone groups is 1. The molecule has 0 amide bonds. The summed E-state index contributed by atoms with van der Waals surface area (Å²) >= 11 is 0. The van der Waals surface area contributed by atoms with Gasteiger partial charge in [0.2, 0.25) is 15.0 Å². The number of fused-ring (bicyclic) bond motifs is 2. The summed E-state index contributed by atoms with van der Waals surface area (Å²) in [6.45, 7) is 1.79. The quantitative estimate of drug-likeness (QED) is 0.481. The Hall–Kier alpha value is -3.23. The smallest absolute Gasteiger partial charge is 0.256 e. The average molecular weight is 435 g/mol. The lowest BCUT2D eigenvalue weighted by molar-refractivity contribution is 0.242. The highest BCUT2D eigenvalue weighted by atomic mass is 32.2. The van der Waals surface area contributed by atoms with Crippen molar-refractivity contribution < 1.29 is 8.42 Å². The first kappa shape index (κ1) is 19.7. The molecule has 0 atom stereocenters. The number of aromatic amines is 2. The van der Waals surface area contributed by atoms with Gasteiger partial charge in [0.05, 0.1) is 17.0 Å². The van der Waals surface area contributed by atoms with Crippen molar-refractivity contribution in [3.8, 4) is 11.3 Å². The number of nitrogens with one attached hydrogen (secondary N) is 2. The van der Waals surface area contributed by atoms with Gasteiger partial charge in [0.1, 0.15) is 0 Å². The van der Waals surface area contributed by atoms with E-state index in [4.69, 9.17) is 0 Å². The van der Waals surface area contributed by atoms with Crippen molar-refractivity contribution in [2.75, 3.05) is 12.8 Å². The van der Waals surface area contributed by atoms with Gasteiger partial charge in [-0.15, -0.1) is 0 Å². The van der Waals surface area contributed by atoms with E-state index in [1.807, 2.05) is 30.3 Å². The van der Waals surface area contributed by atoms with Gasteiger partial charge in [-0.05, 0) is 17.2 Å². The fourth-order valence-electron chi connectivity index (χ4n) is 4.21. The minimum atomic E-state index is -3.56. The Morgan fingerprint density at radius 1 is 1.03 bits per heavy atom. The molecule has 4 aromatic rings. The van der Waals surface area contributed by atoms with Crippen molar-refractivity contribution in [3.05, 3.63) is 81.8 Å². The molecule has 2 N–H and O–H groups in total. The summed E-state index contributed by atoms with van der Waals surface area (Å²) in [5, 5.41) is 0.902. The number of rotatable bonds is 4. The summed E-state index contributed by atoms with van der Waals surface area (Å²) in [7, 11) is -3.56. The Labute approximate surface area is 179 Å². The van der Waals surface area contributed by atoms with E-state index >= 15 is 0 Å². The second-order valence-corrected chi connectivity index (χ2v) is 9.85. The molecule has 5 rings (SSSR count). The molecule has 0 saturated carbocycles. The second-order valence-electron chi connectivity index (χ2n) is 7.92. The van der Waals surface area contributed by atoms with Crippen LogP contribution in [0.1, 0.15) is 16.8 Å². The van der Waals surface area contributed by atoms with Crippen LogP contribution in [0.2, 0.25) is 0 Å². The van der Waals surface area contributed by atoms with Gasteiger partial charge in [-0.2, -0.15) is 0 Å². The lowest BCUT2D eigenvalue weighted by atomic mass is 10.0. The zero-order chi connectivity index (χ0) is 21.6. The molecule has 0 fully saturated rings. The van der Waals surface area contributed by atoms with Gasteiger partial charge in [-0.1, -0.05) is 48.5 Å². The highest BCUT2D eigenvalue weighted by Crippen LogP contribution is 2.32. The zero-order valence-corrected chi connectivity index (χ0v) is 17.9. The maximum absolute atomic E-state index is 12.6. The maximum atomic E-state index is 12.6. The Morgan fingerprint density at radius 2 is 1.77 bits per heavy atom. The Morgan fingerprint density at radius 3 is 2.55 bits per heavy atom. The minimum absolute atomic E-state index is 0.257. The molecule has 31 heavy (non-hydrogen) atoms. The van der Waals surface area contributed by atoms with E-state index in [0.717, 1.165) is 28.4 Å². The van der Waals surface area contributed by atoms with Crippen LogP contribution in [0.25, 0.3) is 22.2 Å². The van der Waals surface area contributed by atoms with Crippen LogP contribution in [-0.4, -0.2) is 41.1 Å². The van der Waals surface area contributed by atoms with Crippen molar-refractivity contribution >= 4 is 20.7 Å². The molecule has 0 bridgehead atoms. The molecule has 1 aliphatic heterocycles. The van der Waals surface area contributed by atoms with Crippen molar-refractivity contribution in [1.29, 1.82) is 0 Å². The molecule has 2 aromatic heterocycles. The normalized spacial score (nSPS) is 14.6. The molecule has 0 spiro atoms. The molecule has 0 saturated heterocycles. The van der Waals surface area contributed by atoms with E-state index in [-0.39, 0.29) is 10.7 Å². The summed E-state index contributed by atoms with van der Waals surface area (Å²) in [4.78, 5) is 25.0. The minimum Gasteiger partial charge on any atom is -0.354 e. The van der Waals surface area contributed by atoms with Gasteiger partial charge in [-0.25, -0.2) is 13.4 Å². The zero-order valence-electron chi connectivity index (χ0n) is 17.1. The number of aromatic nitrogens is 3. The standard InChI is InChI=1S/C23H22N4O3S/c1-31(29,30)23-25-20-11-12-27(14-18(20)22(28)26-23)13-17-16-9-5-6-10-19(16)24-21(17)15-7-3-2-4-8-15/h2-10,24H,11-14H2,1H3,(H,25,26,28). The number of para-hydroxylation sites is 1. The van der Waals surface area contributed by atoms with Crippen LogP contribution in [0.5, 0.6) is 0 Å². The van der Waals surface area contributed by atoms with Crippen LogP contribution < -0.4 is 5.56 Å². The molecular formula is C23H22N4O3S. The predicted octanol–water partition coefficient (Wildman–Crippen LogP) is 2.88. The van der Waals surface area contributed by atoms with Crippen LogP contribution in [0.15, 0.2) is 64.5 Å². The Kier molecular flexibility index (Phi) is 4.75. The van der Waals surface area contributed by atoms with Crippen LogP contribution >= 0.6 is 0 Å². The molecule has 7 nitrogen and oxygen atoms in total. The molecule has 0 radical (unpaired) electrons. The number of hydrogen-bond donors (Lipinski definition) is 2. The van der Waals surface area contributed by atoms with E-state index < -0.39 is 9.84 Å². The molecule has 0 unspecified atom stereocenters. The predicted molar refractivity (Wildman–Crippen MR) is 120 cm³/mol. The van der Waals surface area contributed by atoms with Crippen molar-refractivity contribution in [1.82, 2.24) is 19.9 Å². The third-order valence-electron chi connectivity index (χ3n) is 5.73. The van der Waals surface area contributed by atoms with Gasteiger partial charge in [0.25, 0.3) is 5.56 Å². The molecule has 2 aromatic carbocycles. The van der Waals surface area contributed by atoms with Gasteiger partial charge < -0.3 is 4.98 Å². The van der Waals surface area contributed by atoms with Gasteiger partial charge in [0.15, 0.2) is 0 Å². The summed E-state index contributed by atoms with van der Waals surface area (Å²) in [5.41, 5.74) is 5.18. The maximum Gasteiger partial charge on any atom is 0.256 e. The first-order valence-electron chi connectivity index (χ1n) is 10.1. The van der Waals surface area contributed by atoms with Gasteiger partial charge in [0, 0.05) is 43.2 Å². The first-order chi connectivity index (χ1) is 14.9. The Balaban J connectivity index is 1.52. The van der Waals surface area contributed by atoms with Crippen molar-refractivity contribution in [2.45, 2.75) is 24.7 Å². The fourth-order valence-corrected chi connectivity index (χ4v) is 4.76. The van der Waals surface area contributed by atoms with E-state index in [1.165, 1.54) is 5.56 Å². The summed E-state index contributed by atoms with van der Waals surface area (Å²) in [6, 6.07) is 18.4. The third-order valence-corrected chi connectivity index (χ3v) is 6.63. The largest absolute Gasteiger partial charge is 0.354 e. The topological polar surface area (TPSA) is 98.9 Å². The number of hydrogen-bond acceptors (Lipinski definition) is 5. The average Bonchev–Trinajstić information content (AvgIpc) is 3.12. The molecule has 3 heterocycles. The fraction of sp³-hybridized carbons (Fsp3) is 0.217. The van der Waals surface area contributed by atoms with Crippen LogP contribution in [0.4, 0.5) is 0 Å². The second kappa shape index (κ2) is 7.47. The van der Waals surface area contributed by atoms with E-state index in [9.17, 15) is 13.2 Å². The van der Waals surface area contributed by atoms with Crippen LogP contribution in [0, 0.1) is 0 Å². The summed E-state index contributed by atoms with van der Waals surface area (Å²) in [6.07, 6.45) is 1.58. The van der Waals surface area contributed by atoms with Crippen molar-refractivity contribution in [3.63, 3.8) is 0 Å². The Bertz CT molecular complexity index is 1440. The van der Waals surface area contributed by atoms with Crippen molar-refractivity contribution in [2.24, 2.45) is 0 Å². The molecule has 158 valence electrons. The number of H-pyrrole nitrogens is 2. The molecular weight excluding hydrogens is 412 g/mol. The lowest BCUT2D eigenvalue weighted by Gasteiger charge is -2.28.